The molecule has 1 amide bonds. The van der Waals surface area contributed by atoms with Crippen molar-refractivity contribution in [3.63, 3.8) is 0 Å². The maximum absolute atomic E-state index is 13.5. The molecule has 8 heteroatoms. The Kier molecular flexibility index (Phi) is 7.25. The molecule has 0 fully saturated rings. The third-order valence-electron chi connectivity index (χ3n) is 5.32. The Morgan fingerprint density at radius 2 is 1.72 bits per heavy atom. The second-order valence-corrected chi connectivity index (χ2v) is 7.41. The molecular weight excluding hydrogens is 412 g/mol. The number of aryl methyl sites for hydroxylation is 1. The van der Waals surface area contributed by atoms with Crippen LogP contribution in [0.2, 0.25) is 0 Å². The van der Waals surface area contributed by atoms with Crippen LogP contribution < -0.4 is 9.47 Å². The minimum Gasteiger partial charge on any atom is -0.497 e. The number of benzene rings is 1. The predicted molar refractivity (Wildman–Crippen MR) is 118 cm³/mol. The number of rotatable bonds is 9. The number of carbonyl (C=O) groups is 2. The zero-order valence-corrected chi connectivity index (χ0v) is 19.0. The predicted octanol–water partition coefficient (Wildman–Crippen LogP) is 3.58. The molecule has 0 saturated heterocycles. The van der Waals surface area contributed by atoms with Gasteiger partial charge in [0.2, 0.25) is 0 Å². The van der Waals surface area contributed by atoms with Crippen LogP contribution in [0, 0.1) is 13.8 Å². The first-order valence-corrected chi connectivity index (χ1v) is 10.1. The van der Waals surface area contributed by atoms with Crippen molar-refractivity contribution in [3.05, 3.63) is 70.9 Å². The molecule has 0 aliphatic heterocycles. The van der Waals surface area contributed by atoms with Gasteiger partial charge in [-0.2, -0.15) is 0 Å². The largest absolute Gasteiger partial charge is 0.497 e. The zero-order valence-electron chi connectivity index (χ0n) is 19.0. The molecule has 170 valence electrons. The minimum atomic E-state index is -0.502. The molecule has 0 atom stereocenters. The van der Waals surface area contributed by atoms with Gasteiger partial charge >= 0.3 is 5.97 Å². The van der Waals surface area contributed by atoms with Gasteiger partial charge in [-0.05, 0) is 49.7 Å². The van der Waals surface area contributed by atoms with Gasteiger partial charge in [-0.25, -0.2) is 0 Å². The summed E-state index contributed by atoms with van der Waals surface area (Å²) in [5.74, 6) is 1.22. The van der Waals surface area contributed by atoms with Gasteiger partial charge in [0.1, 0.15) is 23.8 Å². The SMILES string of the molecule is COC(=O)CN(Cc1cc(OC)cc(OC)c1)C(=O)c1cc(C)n(Cc2ccco2)c1C. The Morgan fingerprint density at radius 1 is 1.03 bits per heavy atom. The lowest BCUT2D eigenvalue weighted by Gasteiger charge is -2.22. The summed E-state index contributed by atoms with van der Waals surface area (Å²) < 4.78 is 22.9. The van der Waals surface area contributed by atoms with Crippen molar-refractivity contribution in [3.8, 4) is 11.5 Å². The van der Waals surface area contributed by atoms with E-state index < -0.39 is 5.97 Å². The smallest absolute Gasteiger partial charge is 0.325 e. The Bertz CT molecular complexity index is 1060. The van der Waals surface area contributed by atoms with Gasteiger partial charge in [0.15, 0.2) is 0 Å². The fourth-order valence-electron chi connectivity index (χ4n) is 3.59. The fourth-order valence-corrected chi connectivity index (χ4v) is 3.59. The molecule has 1 aromatic carbocycles. The summed E-state index contributed by atoms with van der Waals surface area (Å²) >= 11 is 0. The number of hydrogen-bond donors (Lipinski definition) is 0. The molecule has 8 nitrogen and oxygen atoms in total. The molecule has 2 heterocycles. The number of carbonyl (C=O) groups excluding carboxylic acids is 2. The van der Waals surface area contributed by atoms with Gasteiger partial charge in [-0.1, -0.05) is 0 Å². The van der Waals surface area contributed by atoms with Crippen molar-refractivity contribution >= 4 is 11.9 Å². The van der Waals surface area contributed by atoms with Crippen molar-refractivity contribution in [2.45, 2.75) is 26.9 Å². The van der Waals surface area contributed by atoms with Crippen molar-refractivity contribution in [2.24, 2.45) is 0 Å². The second kappa shape index (κ2) is 10.1. The van der Waals surface area contributed by atoms with Crippen LogP contribution in [-0.2, 0) is 22.6 Å². The highest BCUT2D eigenvalue weighted by molar-refractivity contribution is 5.97. The van der Waals surface area contributed by atoms with Gasteiger partial charge in [-0.15, -0.1) is 0 Å². The number of hydrogen-bond acceptors (Lipinski definition) is 6. The Morgan fingerprint density at radius 3 is 2.28 bits per heavy atom. The van der Waals surface area contributed by atoms with Gasteiger partial charge in [0.05, 0.1) is 39.7 Å². The van der Waals surface area contributed by atoms with E-state index in [-0.39, 0.29) is 19.0 Å². The first kappa shape index (κ1) is 23.0. The molecular formula is C24H28N2O6. The lowest BCUT2D eigenvalue weighted by atomic mass is 10.1. The van der Waals surface area contributed by atoms with E-state index >= 15 is 0 Å². The van der Waals surface area contributed by atoms with Crippen molar-refractivity contribution in [1.29, 1.82) is 0 Å². The average Bonchev–Trinajstić information content (AvgIpc) is 3.41. The fraction of sp³-hybridized carbons (Fsp3) is 0.333. The van der Waals surface area contributed by atoms with Gasteiger partial charge in [-0.3, -0.25) is 9.59 Å². The van der Waals surface area contributed by atoms with Crippen molar-refractivity contribution in [1.82, 2.24) is 9.47 Å². The second-order valence-electron chi connectivity index (χ2n) is 7.41. The molecule has 0 aliphatic carbocycles. The van der Waals surface area contributed by atoms with Gasteiger partial charge in [0.25, 0.3) is 5.91 Å². The van der Waals surface area contributed by atoms with Crippen LogP contribution in [0.5, 0.6) is 11.5 Å². The Balaban J connectivity index is 1.92. The molecule has 0 spiro atoms. The number of amides is 1. The summed E-state index contributed by atoms with van der Waals surface area (Å²) in [4.78, 5) is 27.1. The average molecular weight is 440 g/mol. The summed E-state index contributed by atoms with van der Waals surface area (Å²) in [6, 6.07) is 10.9. The molecule has 0 bridgehead atoms. The number of methoxy groups -OCH3 is 3. The standard InChI is InChI=1S/C24H28N2O6/c1-16-9-22(17(2)26(16)14-19-7-6-8-32-19)24(28)25(15-23(27)31-5)13-18-10-20(29-3)12-21(11-18)30-4/h6-12H,13-15H2,1-5H3. The highest BCUT2D eigenvalue weighted by atomic mass is 16.5. The third-order valence-corrected chi connectivity index (χ3v) is 5.32. The first-order chi connectivity index (χ1) is 15.4. The molecule has 0 N–H and O–H groups in total. The molecule has 0 saturated carbocycles. The maximum atomic E-state index is 13.5. The lowest BCUT2D eigenvalue weighted by molar-refractivity contribution is -0.141. The van der Waals surface area contributed by atoms with E-state index in [1.165, 1.54) is 12.0 Å². The quantitative estimate of drug-likeness (QED) is 0.473. The lowest BCUT2D eigenvalue weighted by Crippen LogP contribution is -2.36. The van der Waals surface area contributed by atoms with E-state index in [1.807, 2.05) is 36.6 Å². The normalized spacial score (nSPS) is 10.7. The summed E-state index contributed by atoms with van der Waals surface area (Å²) in [5.41, 5.74) is 3.00. The van der Waals surface area contributed by atoms with Crippen LogP contribution in [0.25, 0.3) is 0 Å². The number of furan rings is 1. The van der Waals surface area contributed by atoms with Gasteiger partial charge < -0.3 is 28.1 Å². The number of ether oxygens (including phenoxy) is 3. The van der Waals surface area contributed by atoms with Crippen LogP contribution in [0.15, 0.2) is 47.1 Å². The molecule has 3 rings (SSSR count). The summed E-state index contributed by atoms with van der Waals surface area (Å²) in [6.07, 6.45) is 1.62. The molecule has 0 radical (unpaired) electrons. The van der Waals surface area contributed by atoms with E-state index in [4.69, 9.17) is 18.6 Å². The molecule has 32 heavy (non-hydrogen) atoms. The van der Waals surface area contributed by atoms with E-state index in [9.17, 15) is 9.59 Å². The number of nitrogens with zero attached hydrogens (tertiary/aromatic N) is 2. The van der Waals surface area contributed by atoms with E-state index in [2.05, 4.69) is 0 Å². The first-order valence-electron chi connectivity index (χ1n) is 10.1. The van der Waals surface area contributed by atoms with Crippen molar-refractivity contribution < 1.29 is 28.2 Å². The molecule has 0 unspecified atom stereocenters. The number of aromatic nitrogens is 1. The van der Waals surface area contributed by atoms with E-state index in [0.29, 0.717) is 23.6 Å². The van der Waals surface area contributed by atoms with Crippen LogP contribution >= 0.6 is 0 Å². The van der Waals surface area contributed by atoms with Crippen LogP contribution in [0.4, 0.5) is 0 Å². The van der Waals surface area contributed by atoms with E-state index in [0.717, 1.165) is 22.7 Å². The van der Waals surface area contributed by atoms with Crippen LogP contribution in [0.1, 0.15) is 33.1 Å². The van der Waals surface area contributed by atoms with Crippen molar-refractivity contribution in [2.75, 3.05) is 27.9 Å². The highest BCUT2D eigenvalue weighted by Gasteiger charge is 2.24. The third kappa shape index (κ3) is 5.14. The van der Waals surface area contributed by atoms with Gasteiger partial charge in [0, 0.05) is 24.0 Å². The zero-order chi connectivity index (χ0) is 23.3. The molecule has 3 aromatic rings. The maximum Gasteiger partial charge on any atom is 0.325 e. The minimum absolute atomic E-state index is 0.184. The summed E-state index contributed by atoms with van der Waals surface area (Å²) in [6.45, 7) is 4.33. The van der Waals surface area contributed by atoms with E-state index in [1.54, 1.807) is 38.7 Å². The Hall–Kier alpha value is -3.68. The Labute approximate surface area is 187 Å². The highest BCUT2D eigenvalue weighted by Crippen LogP contribution is 2.25. The topological polar surface area (TPSA) is 83.1 Å². The molecule has 0 aliphatic rings. The number of esters is 1. The summed E-state index contributed by atoms with van der Waals surface area (Å²) in [5, 5.41) is 0. The molecule has 2 aromatic heterocycles. The van der Waals surface area contributed by atoms with Crippen LogP contribution in [-0.4, -0.2) is 49.2 Å². The summed E-state index contributed by atoms with van der Waals surface area (Å²) in [7, 11) is 4.42. The van der Waals surface area contributed by atoms with Crippen LogP contribution in [0.3, 0.4) is 0 Å². The monoisotopic (exact) mass is 440 g/mol.